The van der Waals surface area contributed by atoms with Crippen molar-refractivity contribution < 1.29 is 0 Å². The monoisotopic (exact) mass is 148 g/mol. The maximum absolute atomic E-state index is 5.56. The van der Waals surface area contributed by atoms with Crippen molar-refractivity contribution in [1.82, 2.24) is 4.98 Å². The van der Waals surface area contributed by atoms with Gasteiger partial charge >= 0.3 is 0 Å². The van der Waals surface area contributed by atoms with Gasteiger partial charge in [0, 0.05) is 11.6 Å². The van der Waals surface area contributed by atoms with Gasteiger partial charge in [0.1, 0.15) is 5.82 Å². The number of pyridine rings is 1. The van der Waals surface area contributed by atoms with Crippen molar-refractivity contribution in [1.29, 1.82) is 0 Å². The normalized spacial score (nSPS) is 17.8. The smallest absolute Gasteiger partial charge is 0.123 e. The first kappa shape index (κ1) is 6.65. The molecule has 1 aliphatic rings. The van der Waals surface area contributed by atoms with E-state index >= 15 is 0 Å². The molecule has 1 saturated carbocycles. The molecule has 2 N–H and O–H groups in total. The molecule has 2 rings (SSSR count). The summed E-state index contributed by atoms with van der Waals surface area (Å²) >= 11 is 0. The Morgan fingerprint density at radius 2 is 2.18 bits per heavy atom. The van der Waals surface area contributed by atoms with Crippen LogP contribution >= 0.6 is 0 Å². The van der Waals surface area contributed by atoms with Gasteiger partial charge in [-0.25, -0.2) is 4.98 Å². The molecule has 1 heterocycles. The molecule has 0 aliphatic heterocycles. The maximum Gasteiger partial charge on any atom is 0.123 e. The highest BCUT2D eigenvalue weighted by molar-refractivity contribution is 5.30. The van der Waals surface area contributed by atoms with Crippen molar-refractivity contribution in [3.63, 3.8) is 0 Å². The minimum atomic E-state index is 0.648. The summed E-state index contributed by atoms with van der Waals surface area (Å²) in [5.74, 6) is 1.34. The Labute approximate surface area is 66.4 Å². The average molecular weight is 148 g/mol. The lowest BCUT2D eigenvalue weighted by molar-refractivity contribution is 0.411. The van der Waals surface area contributed by atoms with Crippen LogP contribution < -0.4 is 5.73 Å². The Bertz CT molecular complexity index is 253. The van der Waals surface area contributed by atoms with E-state index in [9.17, 15) is 0 Å². The molecule has 1 fully saturated rings. The molecule has 0 saturated heterocycles. The summed E-state index contributed by atoms with van der Waals surface area (Å²) in [7, 11) is 0. The molecule has 0 unspecified atom stereocenters. The number of hydrogen-bond donors (Lipinski definition) is 1. The predicted octanol–water partition coefficient (Wildman–Crippen LogP) is 1.93. The van der Waals surface area contributed by atoms with Gasteiger partial charge in [0.05, 0.1) is 0 Å². The molecule has 0 aromatic carbocycles. The molecule has 1 aromatic rings. The van der Waals surface area contributed by atoms with E-state index in [1.54, 1.807) is 0 Å². The van der Waals surface area contributed by atoms with Gasteiger partial charge in [-0.05, 0) is 25.0 Å². The second-order valence-corrected chi connectivity index (χ2v) is 3.12. The van der Waals surface area contributed by atoms with Gasteiger partial charge in [-0.1, -0.05) is 12.5 Å². The lowest BCUT2D eigenvalue weighted by Crippen LogP contribution is -2.10. The third kappa shape index (κ3) is 1.20. The van der Waals surface area contributed by atoms with Crippen LogP contribution in [0.3, 0.4) is 0 Å². The van der Waals surface area contributed by atoms with Crippen LogP contribution in [0.4, 0.5) is 5.82 Å². The fourth-order valence-corrected chi connectivity index (χ4v) is 1.40. The van der Waals surface area contributed by atoms with Gasteiger partial charge in [0.15, 0.2) is 0 Å². The van der Waals surface area contributed by atoms with E-state index in [1.807, 2.05) is 12.1 Å². The van der Waals surface area contributed by atoms with E-state index in [1.165, 1.54) is 25.0 Å². The highest BCUT2D eigenvalue weighted by Crippen LogP contribution is 2.35. The number of nitrogens with zero attached hydrogens (tertiary/aromatic N) is 1. The van der Waals surface area contributed by atoms with E-state index in [4.69, 9.17) is 5.73 Å². The summed E-state index contributed by atoms with van der Waals surface area (Å²) in [5, 5.41) is 0. The molecule has 0 amide bonds. The summed E-state index contributed by atoms with van der Waals surface area (Å²) in [5.41, 5.74) is 6.74. The molecule has 0 spiro atoms. The molecule has 1 aromatic heterocycles. The third-order valence-electron chi connectivity index (χ3n) is 2.32. The van der Waals surface area contributed by atoms with Gasteiger partial charge in [-0.15, -0.1) is 0 Å². The number of hydrogen-bond acceptors (Lipinski definition) is 2. The van der Waals surface area contributed by atoms with Crippen LogP contribution in [0.2, 0.25) is 0 Å². The molecule has 11 heavy (non-hydrogen) atoms. The summed E-state index contributed by atoms with van der Waals surface area (Å²) in [4.78, 5) is 4.27. The van der Waals surface area contributed by atoms with Crippen molar-refractivity contribution in [3.05, 3.63) is 23.9 Å². The molecular formula is C9H12N2. The fourth-order valence-electron chi connectivity index (χ4n) is 1.40. The highest BCUT2D eigenvalue weighted by Gasteiger charge is 2.20. The minimum Gasteiger partial charge on any atom is -0.384 e. The summed E-state index contributed by atoms with van der Waals surface area (Å²) in [6, 6.07) is 5.89. The maximum atomic E-state index is 5.56. The SMILES string of the molecule is Nc1cccc(C2CCC2)n1. The van der Waals surface area contributed by atoms with Crippen LogP contribution in [0.1, 0.15) is 30.9 Å². The van der Waals surface area contributed by atoms with E-state index in [0.717, 1.165) is 0 Å². The van der Waals surface area contributed by atoms with Crippen LogP contribution in [-0.2, 0) is 0 Å². The summed E-state index contributed by atoms with van der Waals surface area (Å²) in [6.07, 6.45) is 3.92. The van der Waals surface area contributed by atoms with Gasteiger partial charge in [-0.2, -0.15) is 0 Å². The molecule has 2 nitrogen and oxygen atoms in total. The van der Waals surface area contributed by atoms with E-state index in [-0.39, 0.29) is 0 Å². The Hall–Kier alpha value is -1.05. The fraction of sp³-hybridized carbons (Fsp3) is 0.444. The quantitative estimate of drug-likeness (QED) is 0.661. The number of nitrogens with two attached hydrogens (primary N) is 1. The Kier molecular flexibility index (Phi) is 1.53. The second kappa shape index (κ2) is 2.53. The highest BCUT2D eigenvalue weighted by atomic mass is 14.8. The molecule has 0 radical (unpaired) electrons. The molecule has 0 atom stereocenters. The van der Waals surface area contributed by atoms with Crippen LogP contribution in [0.15, 0.2) is 18.2 Å². The zero-order chi connectivity index (χ0) is 7.68. The zero-order valence-corrected chi connectivity index (χ0v) is 6.46. The largest absolute Gasteiger partial charge is 0.384 e. The first-order valence-electron chi connectivity index (χ1n) is 4.09. The predicted molar refractivity (Wildman–Crippen MR) is 45.2 cm³/mol. The molecule has 2 heteroatoms. The standard InChI is InChI=1S/C9H12N2/c10-9-6-2-5-8(11-9)7-3-1-4-7/h2,5-7H,1,3-4H2,(H2,10,11). The molecule has 0 bridgehead atoms. The van der Waals surface area contributed by atoms with Crippen LogP contribution in [0.5, 0.6) is 0 Å². The van der Waals surface area contributed by atoms with Crippen molar-refractivity contribution >= 4 is 5.82 Å². The lowest BCUT2D eigenvalue weighted by Gasteiger charge is -2.24. The van der Waals surface area contributed by atoms with Gasteiger partial charge in [0.25, 0.3) is 0 Å². The Morgan fingerprint density at radius 3 is 2.73 bits per heavy atom. The van der Waals surface area contributed by atoms with Crippen molar-refractivity contribution in [2.75, 3.05) is 5.73 Å². The number of nitrogen functional groups attached to an aromatic ring is 1. The van der Waals surface area contributed by atoms with E-state index in [0.29, 0.717) is 11.7 Å². The molecular weight excluding hydrogens is 136 g/mol. The molecule has 58 valence electrons. The molecule has 1 aliphatic carbocycles. The topological polar surface area (TPSA) is 38.9 Å². The Morgan fingerprint density at radius 1 is 1.36 bits per heavy atom. The van der Waals surface area contributed by atoms with Crippen molar-refractivity contribution in [3.8, 4) is 0 Å². The average Bonchev–Trinajstić information content (AvgIpc) is 1.83. The van der Waals surface area contributed by atoms with Crippen LogP contribution in [-0.4, -0.2) is 4.98 Å². The number of rotatable bonds is 1. The minimum absolute atomic E-state index is 0.648. The second-order valence-electron chi connectivity index (χ2n) is 3.12. The first-order chi connectivity index (χ1) is 5.36. The van der Waals surface area contributed by atoms with Gasteiger partial charge < -0.3 is 5.73 Å². The first-order valence-corrected chi connectivity index (χ1v) is 4.09. The van der Waals surface area contributed by atoms with Crippen LogP contribution in [0.25, 0.3) is 0 Å². The van der Waals surface area contributed by atoms with Crippen molar-refractivity contribution in [2.24, 2.45) is 0 Å². The van der Waals surface area contributed by atoms with E-state index < -0.39 is 0 Å². The zero-order valence-electron chi connectivity index (χ0n) is 6.46. The van der Waals surface area contributed by atoms with E-state index in [2.05, 4.69) is 11.1 Å². The van der Waals surface area contributed by atoms with Crippen molar-refractivity contribution in [2.45, 2.75) is 25.2 Å². The summed E-state index contributed by atoms with van der Waals surface area (Å²) < 4.78 is 0. The van der Waals surface area contributed by atoms with Gasteiger partial charge in [-0.3, -0.25) is 0 Å². The number of anilines is 1. The van der Waals surface area contributed by atoms with Crippen LogP contribution in [0, 0.1) is 0 Å². The van der Waals surface area contributed by atoms with Gasteiger partial charge in [0.2, 0.25) is 0 Å². The number of aromatic nitrogens is 1. The summed E-state index contributed by atoms with van der Waals surface area (Å²) in [6.45, 7) is 0. The lowest BCUT2D eigenvalue weighted by atomic mass is 9.83. The Balaban J connectivity index is 2.23. The third-order valence-corrected chi connectivity index (χ3v) is 2.32.